The molecule has 0 spiro atoms. The van der Waals surface area contributed by atoms with Crippen LogP contribution in [0.1, 0.15) is 12.8 Å². The van der Waals surface area contributed by atoms with Gasteiger partial charge in [-0.2, -0.15) is 0 Å². The van der Waals surface area contributed by atoms with E-state index in [1.54, 1.807) is 0 Å². The molecule has 0 amide bonds. The molecule has 80 valence electrons. The van der Waals surface area contributed by atoms with E-state index in [1.165, 1.54) is 30.8 Å². The van der Waals surface area contributed by atoms with E-state index in [0.29, 0.717) is 0 Å². The smallest absolute Gasteiger partial charge is 0.0758 e. The lowest BCUT2D eigenvalue weighted by atomic mass is 10.3. The van der Waals surface area contributed by atoms with Crippen LogP contribution in [0.5, 0.6) is 0 Å². The van der Waals surface area contributed by atoms with E-state index >= 15 is 0 Å². The first-order valence-electron chi connectivity index (χ1n) is 5.31. The van der Waals surface area contributed by atoms with Gasteiger partial charge in [-0.3, -0.25) is 9.89 Å². The van der Waals surface area contributed by atoms with E-state index in [9.17, 15) is 0 Å². The molecule has 0 aromatic heterocycles. The van der Waals surface area contributed by atoms with Crippen LogP contribution >= 0.6 is 11.8 Å². The summed E-state index contributed by atoms with van der Waals surface area (Å²) in [5, 5.41) is 0. The second-order valence-corrected chi connectivity index (χ2v) is 4.71. The fourth-order valence-corrected chi connectivity index (χ4v) is 2.82. The maximum absolute atomic E-state index is 4.03. The lowest BCUT2D eigenvalue weighted by Crippen LogP contribution is -2.17. The molecule has 0 N–H and O–H groups in total. The van der Waals surface area contributed by atoms with Gasteiger partial charge in [-0.25, -0.2) is 0 Å². The Hall–Kier alpha value is -0.800. The Labute approximate surface area is 95.4 Å². The van der Waals surface area contributed by atoms with Crippen LogP contribution in [-0.2, 0) is 0 Å². The summed E-state index contributed by atoms with van der Waals surface area (Å²) < 4.78 is 0. The Bertz CT molecular complexity index is 332. The molecule has 2 rings (SSSR count). The molecule has 15 heavy (non-hydrogen) atoms. The molecule has 1 aromatic carbocycles. The van der Waals surface area contributed by atoms with Crippen molar-refractivity contribution in [3.63, 3.8) is 0 Å². The van der Waals surface area contributed by atoms with Gasteiger partial charge in [-0.15, -0.1) is 11.8 Å². The average Bonchev–Trinajstić information content (AvgIpc) is 2.79. The van der Waals surface area contributed by atoms with E-state index in [1.807, 2.05) is 23.9 Å². The normalized spacial score (nSPS) is 16.8. The summed E-state index contributed by atoms with van der Waals surface area (Å²) in [5.41, 5.74) is 1.00. The number of aliphatic imine (C=N–C) groups is 1. The largest absolute Gasteiger partial charge is 0.294 e. The molecule has 0 saturated carbocycles. The minimum atomic E-state index is 1.00. The van der Waals surface area contributed by atoms with Gasteiger partial charge in [-0.1, -0.05) is 12.1 Å². The van der Waals surface area contributed by atoms with Crippen molar-refractivity contribution in [3.8, 4) is 0 Å². The van der Waals surface area contributed by atoms with Crippen molar-refractivity contribution < 1.29 is 0 Å². The minimum absolute atomic E-state index is 1.00. The third kappa shape index (κ3) is 2.83. The summed E-state index contributed by atoms with van der Waals surface area (Å²) in [6.45, 7) is 6.09. The quantitative estimate of drug-likeness (QED) is 0.572. The van der Waals surface area contributed by atoms with Crippen LogP contribution in [0.15, 0.2) is 34.2 Å². The predicted molar refractivity (Wildman–Crippen MR) is 67.2 cm³/mol. The highest BCUT2D eigenvalue weighted by Gasteiger charge is 2.11. The Morgan fingerprint density at radius 2 is 2.00 bits per heavy atom. The first kappa shape index (κ1) is 10.7. The van der Waals surface area contributed by atoms with Gasteiger partial charge in [0.1, 0.15) is 0 Å². The third-order valence-corrected chi connectivity index (χ3v) is 3.79. The second kappa shape index (κ2) is 5.33. The molecule has 3 heteroatoms. The van der Waals surface area contributed by atoms with Crippen molar-refractivity contribution in [1.82, 2.24) is 4.90 Å². The Kier molecular flexibility index (Phi) is 3.80. The average molecular weight is 220 g/mol. The standard InChI is InChI=1S/C12H16N2S/c1-13-11-6-2-3-7-12(11)15-10-14-8-4-5-9-14/h2-3,6-7H,1,4-5,8-10H2. The number of hydrogen-bond donors (Lipinski definition) is 0. The molecular formula is C12H16N2S. The molecule has 1 saturated heterocycles. The predicted octanol–water partition coefficient (Wildman–Crippen LogP) is 3.16. The van der Waals surface area contributed by atoms with Crippen LogP contribution in [0.4, 0.5) is 5.69 Å². The second-order valence-electron chi connectivity index (χ2n) is 3.72. The maximum atomic E-state index is 4.03. The van der Waals surface area contributed by atoms with Gasteiger partial charge >= 0.3 is 0 Å². The maximum Gasteiger partial charge on any atom is 0.0758 e. The first-order chi connectivity index (χ1) is 7.40. The summed E-state index contributed by atoms with van der Waals surface area (Å²) in [6.07, 6.45) is 2.70. The van der Waals surface area contributed by atoms with Crippen LogP contribution < -0.4 is 0 Å². The van der Waals surface area contributed by atoms with Crippen molar-refractivity contribution in [3.05, 3.63) is 24.3 Å². The van der Waals surface area contributed by atoms with Gasteiger partial charge in [0.05, 0.1) is 5.69 Å². The van der Waals surface area contributed by atoms with Gasteiger partial charge in [0.2, 0.25) is 0 Å². The first-order valence-corrected chi connectivity index (χ1v) is 6.29. The highest BCUT2D eigenvalue weighted by molar-refractivity contribution is 7.99. The lowest BCUT2D eigenvalue weighted by Gasteiger charge is -2.14. The van der Waals surface area contributed by atoms with Crippen molar-refractivity contribution in [2.75, 3.05) is 19.0 Å². The number of rotatable bonds is 4. The summed E-state index contributed by atoms with van der Waals surface area (Å²) >= 11 is 1.86. The van der Waals surface area contributed by atoms with Crippen LogP contribution in [-0.4, -0.2) is 30.6 Å². The molecule has 1 heterocycles. The van der Waals surface area contributed by atoms with Crippen LogP contribution in [0.3, 0.4) is 0 Å². The van der Waals surface area contributed by atoms with Crippen molar-refractivity contribution in [2.24, 2.45) is 4.99 Å². The molecule has 1 aliphatic rings. The van der Waals surface area contributed by atoms with Gasteiger partial charge in [0.15, 0.2) is 0 Å². The Morgan fingerprint density at radius 1 is 1.27 bits per heavy atom. The van der Waals surface area contributed by atoms with Crippen LogP contribution in [0.25, 0.3) is 0 Å². The van der Waals surface area contributed by atoms with E-state index in [-0.39, 0.29) is 0 Å². The number of thioether (sulfide) groups is 1. The van der Waals surface area contributed by atoms with Crippen molar-refractivity contribution >= 4 is 24.2 Å². The van der Waals surface area contributed by atoms with Gasteiger partial charge in [0, 0.05) is 10.8 Å². The zero-order valence-electron chi connectivity index (χ0n) is 8.85. The molecule has 0 unspecified atom stereocenters. The Morgan fingerprint density at radius 3 is 2.73 bits per heavy atom. The summed E-state index contributed by atoms with van der Waals surface area (Å²) in [7, 11) is 0. The molecular weight excluding hydrogens is 204 g/mol. The van der Waals surface area contributed by atoms with Crippen LogP contribution in [0, 0.1) is 0 Å². The fourth-order valence-electron chi connectivity index (χ4n) is 1.78. The van der Waals surface area contributed by atoms with Crippen LogP contribution in [0.2, 0.25) is 0 Å². The molecule has 0 atom stereocenters. The van der Waals surface area contributed by atoms with E-state index < -0.39 is 0 Å². The van der Waals surface area contributed by atoms with Gasteiger partial charge in [0.25, 0.3) is 0 Å². The number of para-hydroxylation sites is 1. The zero-order valence-corrected chi connectivity index (χ0v) is 9.67. The number of benzene rings is 1. The molecule has 1 aliphatic heterocycles. The van der Waals surface area contributed by atoms with Gasteiger partial charge in [-0.05, 0) is 44.8 Å². The van der Waals surface area contributed by atoms with E-state index in [0.717, 1.165) is 11.6 Å². The lowest BCUT2D eigenvalue weighted by molar-refractivity contribution is 0.401. The molecule has 2 nitrogen and oxygen atoms in total. The summed E-state index contributed by atoms with van der Waals surface area (Å²) in [5.74, 6) is 1.08. The topological polar surface area (TPSA) is 15.6 Å². The minimum Gasteiger partial charge on any atom is -0.294 e. The van der Waals surface area contributed by atoms with Crippen molar-refractivity contribution in [2.45, 2.75) is 17.7 Å². The fraction of sp³-hybridized carbons (Fsp3) is 0.417. The molecule has 1 aromatic rings. The molecule has 0 radical (unpaired) electrons. The highest BCUT2D eigenvalue weighted by atomic mass is 32.2. The highest BCUT2D eigenvalue weighted by Crippen LogP contribution is 2.29. The molecule has 0 bridgehead atoms. The van der Waals surface area contributed by atoms with Crippen molar-refractivity contribution in [1.29, 1.82) is 0 Å². The summed E-state index contributed by atoms with van der Waals surface area (Å²) in [4.78, 5) is 7.75. The number of likely N-dealkylation sites (tertiary alicyclic amines) is 1. The Balaban J connectivity index is 1.94. The number of nitrogens with zero attached hydrogens (tertiary/aromatic N) is 2. The zero-order chi connectivity index (χ0) is 10.5. The number of hydrogen-bond acceptors (Lipinski definition) is 3. The third-order valence-electron chi connectivity index (χ3n) is 2.64. The molecule has 1 fully saturated rings. The summed E-state index contributed by atoms with van der Waals surface area (Å²) in [6, 6.07) is 8.19. The SMILES string of the molecule is C=Nc1ccccc1SCN1CCCC1. The van der Waals surface area contributed by atoms with Gasteiger partial charge < -0.3 is 0 Å². The molecule has 0 aliphatic carbocycles. The van der Waals surface area contributed by atoms with E-state index in [2.05, 4.69) is 28.7 Å². The van der Waals surface area contributed by atoms with E-state index in [4.69, 9.17) is 0 Å². The monoisotopic (exact) mass is 220 g/mol.